The summed E-state index contributed by atoms with van der Waals surface area (Å²) in [6, 6.07) is 1.45. The molecule has 19 heavy (non-hydrogen) atoms. The summed E-state index contributed by atoms with van der Waals surface area (Å²) in [6.07, 6.45) is 6.77. The minimum absolute atomic E-state index is 0.526. The normalized spacial score (nSPS) is 37.6. The molecule has 2 aliphatic rings. The molecule has 0 aromatic carbocycles. The van der Waals surface area contributed by atoms with Gasteiger partial charge >= 0.3 is 0 Å². The number of rotatable bonds is 6. The van der Waals surface area contributed by atoms with Crippen LogP contribution in [0.5, 0.6) is 0 Å². The zero-order chi connectivity index (χ0) is 14.0. The van der Waals surface area contributed by atoms with Gasteiger partial charge in [-0.15, -0.1) is 0 Å². The van der Waals surface area contributed by atoms with Crippen molar-refractivity contribution in [2.45, 2.75) is 71.9 Å². The highest BCUT2D eigenvalue weighted by atomic mass is 15.2. The van der Waals surface area contributed by atoms with E-state index in [1.165, 1.54) is 45.2 Å². The molecule has 4 unspecified atom stereocenters. The summed E-state index contributed by atoms with van der Waals surface area (Å²) in [5, 5.41) is 3.80. The van der Waals surface area contributed by atoms with E-state index >= 15 is 0 Å². The molecule has 0 heterocycles. The molecule has 2 saturated carbocycles. The zero-order valence-electron chi connectivity index (χ0n) is 13.7. The molecule has 1 N–H and O–H groups in total. The summed E-state index contributed by atoms with van der Waals surface area (Å²) in [6.45, 7) is 12.1. The van der Waals surface area contributed by atoms with Gasteiger partial charge in [-0.3, -0.25) is 0 Å². The van der Waals surface area contributed by atoms with Crippen molar-refractivity contribution in [2.75, 3.05) is 20.1 Å². The Kier molecular flexibility index (Phi) is 4.94. The molecular weight excluding hydrogens is 232 g/mol. The van der Waals surface area contributed by atoms with Crippen LogP contribution in [0.3, 0.4) is 0 Å². The minimum atomic E-state index is 0.526. The van der Waals surface area contributed by atoms with E-state index in [0.29, 0.717) is 11.5 Å². The van der Waals surface area contributed by atoms with E-state index in [1.807, 2.05) is 0 Å². The van der Waals surface area contributed by atoms with Gasteiger partial charge in [0.1, 0.15) is 0 Å². The Morgan fingerprint density at radius 3 is 2.58 bits per heavy atom. The van der Waals surface area contributed by atoms with Crippen molar-refractivity contribution in [3.05, 3.63) is 0 Å². The molecule has 0 aromatic rings. The standard InChI is InChI=1S/C17H34N2/c1-6-9-18-15-7-8-17(3,4)11-16(15)19(5)12-14-10-13(14)2/h13-16,18H,6-12H2,1-5H3. The SMILES string of the molecule is CCCNC1CCC(C)(C)CC1N(C)CC1CC1C. The van der Waals surface area contributed by atoms with Crippen molar-refractivity contribution >= 4 is 0 Å². The maximum atomic E-state index is 3.80. The van der Waals surface area contributed by atoms with Crippen LogP contribution in [0.2, 0.25) is 0 Å². The monoisotopic (exact) mass is 266 g/mol. The van der Waals surface area contributed by atoms with E-state index in [-0.39, 0.29) is 0 Å². The predicted octanol–water partition coefficient (Wildman–Crippen LogP) is 3.52. The van der Waals surface area contributed by atoms with Gasteiger partial charge < -0.3 is 10.2 Å². The molecule has 2 fully saturated rings. The van der Waals surface area contributed by atoms with Crippen LogP contribution in [-0.2, 0) is 0 Å². The van der Waals surface area contributed by atoms with Crippen LogP contribution in [0.15, 0.2) is 0 Å². The Labute approximate surface area is 120 Å². The number of hydrogen-bond donors (Lipinski definition) is 1. The Morgan fingerprint density at radius 2 is 2.00 bits per heavy atom. The third kappa shape index (κ3) is 4.19. The van der Waals surface area contributed by atoms with Crippen LogP contribution in [0.1, 0.15) is 59.8 Å². The van der Waals surface area contributed by atoms with Gasteiger partial charge in [0, 0.05) is 18.6 Å². The lowest BCUT2D eigenvalue weighted by molar-refractivity contribution is 0.0783. The van der Waals surface area contributed by atoms with Crippen molar-refractivity contribution in [3.8, 4) is 0 Å². The zero-order valence-corrected chi connectivity index (χ0v) is 13.7. The molecule has 0 saturated heterocycles. The summed E-state index contributed by atoms with van der Waals surface area (Å²) in [5.74, 6) is 1.95. The quantitative estimate of drug-likeness (QED) is 0.791. The molecule has 112 valence electrons. The van der Waals surface area contributed by atoms with Crippen molar-refractivity contribution < 1.29 is 0 Å². The molecule has 0 spiro atoms. The summed E-state index contributed by atoms with van der Waals surface area (Å²) < 4.78 is 0. The van der Waals surface area contributed by atoms with Crippen LogP contribution in [0.4, 0.5) is 0 Å². The lowest BCUT2D eigenvalue weighted by Crippen LogP contribution is -2.54. The Balaban J connectivity index is 1.93. The molecular formula is C17H34N2. The van der Waals surface area contributed by atoms with Gasteiger partial charge in [-0.05, 0) is 62.9 Å². The lowest BCUT2D eigenvalue weighted by Gasteiger charge is -2.45. The van der Waals surface area contributed by atoms with Gasteiger partial charge in [0.2, 0.25) is 0 Å². The molecule has 4 atom stereocenters. The molecule has 0 aromatic heterocycles. The van der Waals surface area contributed by atoms with Crippen LogP contribution in [0, 0.1) is 17.3 Å². The molecule has 2 rings (SSSR count). The van der Waals surface area contributed by atoms with Gasteiger partial charge in [0.15, 0.2) is 0 Å². The fourth-order valence-electron chi connectivity index (χ4n) is 3.74. The third-order valence-corrected chi connectivity index (χ3v) is 5.38. The number of hydrogen-bond acceptors (Lipinski definition) is 2. The molecule has 0 radical (unpaired) electrons. The van der Waals surface area contributed by atoms with E-state index < -0.39 is 0 Å². The van der Waals surface area contributed by atoms with E-state index in [0.717, 1.165) is 17.9 Å². The average molecular weight is 266 g/mol. The Morgan fingerprint density at radius 1 is 1.32 bits per heavy atom. The van der Waals surface area contributed by atoms with E-state index in [9.17, 15) is 0 Å². The highest BCUT2D eigenvalue weighted by Crippen LogP contribution is 2.41. The number of likely N-dealkylation sites (N-methyl/N-ethyl adjacent to an activating group) is 1. The molecule has 2 heteroatoms. The van der Waals surface area contributed by atoms with Gasteiger partial charge in [-0.25, -0.2) is 0 Å². The first-order valence-corrected chi connectivity index (χ1v) is 8.36. The lowest BCUT2D eigenvalue weighted by atomic mass is 9.72. The highest BCUT2D eigenvalue weighted by Gasteiger charge is 2.40. The number of nitrogens with zero attached hydrogens (tertiary/aromatic N) is 1. The highest BCUT2D eigenvalue weighted by molar-refractivity contribution is 4.95. The second-order valence-electron chi connectivity index (χ2n) is 7.95. The summed E-state index contributed by atoms with van der Waals surface area (Å²) in [7, 11) is 2.36. The Bertz CT molecular complexity index is 287. The van der Waals surface area contributed by atoms with Gasteiger partial charge in [0.25, 0.3) is 0 Å². The largest absolute Gasteiger partial charge is 0.312 e. The maximum Gasteiger partial charge on any atom is 0.0251 e. The third-order valence-electron chi connectivity index (χ3n) is 5.38. The van der Waals surface area contributed by atoms with E-state index in [1.54, 1.807) is 0 Å². The van der Waals surface area contributed by atoms with Crippen molar-refractivity contribution in [2.24, 2.45) is 17.3 Å². The topological polar surface area (TPSA) is 15.3 Å². The molecule has 2 aliphatic carbocycles. The fourth-order valence-corrected chi connectivity index (χ4v) is 3.74. The predicted molar refractivity (Wildman–Crippen MR) is 83.4 cm³/mol. The van der Waals surface area contributed by atoms with Crippen LogP contribution in [0.25, 0.3) is 0 Å². The first kappa shape index (κ1) is 15.3. The second-order valence-corrected chi connectivity index (χ2v) is 7.95. The van der Waals surface area contributed by atoms with E-state index in [2.05, 4.69) is 45.0 Å². The van der Waals surface area contributed by atoms with Crippen molar-refractivity contribution in [1.82, 2.24) is 10.2 Å². The van der Waals surface area contributed by atoms with Crippen LogP contribution >= 0.6 is 0 Å². The first-order chi connectivity index (χ1) is 8.93. The van der Waals surface area contributed by atoms with Crippen molar-refractivity contribution in [3.63, 3.8) is 0 Å². The summed E-state index contributed by atoms with van der Waals surface area (Å²) >= 11 is 0. The molecule has 0 bridgehead atoms. The van der Waals surface area contributed by atoms with Gasteiger partial charge in [-0.1, -0.05) is 27.7 Å². The summed E-state index contributed by atoms with van der Waals surface area (Å²) in [4.78, 5) is 2.67. The maximum absolute atomic E-state index is 3.80. The second kappa shape index (κ2) is 6.13. The molecule has 2 nitrogen and oxygen atoms in total. The molecule has 0 aliphatic heterocycles. The van der Waals surface area contributed by atoms with Crippen LogP contribution < -0.4 is 5.32 Å². The Hall–Kier alpha value is -0.0800. The summed E-state index contributed by atoms with van der Waals surface area (Å²) in [5.41, 5.74) is 0.526. The molecule has 0 amide bonds. The van der Waals surface area contributed by atoms with Crippen molar-refractivity contribution in [1.29, 1.82) is 0 Å². The first-order valence-electron chi connectivity index (χ1n) is 8.36. The smallest absolute Gasteiger partial charge is 0.0251 e. The van der Waals surface area contributed by atoms with E-state index in [4.69, 9.17) is 0 Å². The fraction of sp³-hybridized carbons (Fsp3) is 1.00. The average Bonchev–Trinajstić information content (AvgIpc) is 3.02. The van der Waals surface area contributed by atoms with Gasteiger partial charge in [0.05, 0.1) is 0 Å². The van der Waals surface area contributed by atoms with Crippen LogP contribution in [-0.4, -0.2) is 37.1 Å². The minimum Gasteiger partial charge on any atom is -0.312 e. The van der Waals surface area contributed by atoms with Gasteiger partial charge in [-0.2, -0.15) is 0 Å². The number of nitrogens with one attached hydrogen (secondary N) is 1.